The number of nitrogens with zero attached hydrogens (tertiary/aromatic N) is 3. The van der Waals surface area contributed by atoms with Gasteiger partial charge in [-0.15, -0.1) is 6.58 Å². The molecule has 5 heteroatoms. The molecule has 2 amide bonds. The molecule has 1 aromatic heterocycles. The first-order valence-electron chi connectivity index (χ1n) is 6.73. The van der Waals surface area contributed by atoms with E-state index in [2.05, 4.69) is 16.6 Å². The summed E-state index contributed by atoms with van der Waals surface area (Å²) in [5, 5.41) is 1.02. The average molecular weight is 280 g/mol. The predicted octanol–water partition coefficient (Wildman–Crippen LogP) is 2.56. The third kappa shape index (κ3) is 2.27. The Labute approximate surface area is 122 Å². The number of aryl methyl sites for hydroxylation is 1. The molecule has 106 valence electrons. The van der Waals surface area contributed by atoms with Gasteiger partial charge in [0.1, 0.15) is 11.9 Å². The number of amides is 2. The molecule has 2 N–H and O–H groups in total. The minimum atomic E-state index is -0.332. The number of hydrogen-bond donors (Lipinski definition) is 1. The fraction of sp³-hybridized carbons (Fsp3) is 0.188. The first-order valence-corrected chi connectivity index (χ1v) is 6.73. The molecule has 1 aliphatic heterocycles. The second kappa shape index (κ2) is 5.01. The van der Waals surface area contributed by atoms with Gasteiger partial charge in [-0.3, -0.25) is 4.98 Å². The molecule has 0 bridgehead atoms. The van der Waals surface area contributed by atoms with Gasteiger partial charge in [-0.1, -0.05) is 18.2 Å². The summed E-state index contributed by atoms with van der Waals surface area (Å²) < 4.78 is 0. The average Bonchev–Trinajstić information content (AvgIpc) is 2.73. The van der Waals surface area contributed by atoms with Gasteiger partial charge in [-0.25, -0.2) is 4.79 Å². The van der Waals surface area contributed by atoms with Crippen LogP contribution in [0.4, 0.5) is 4.79 Å². The van der Waals surface area contributed by atoms with Gasteiger partial charge >= 0.3 is 6.03 Å². The van der Waals surface area contributed by atoms with Gasteiger partial charge in [0.05, 0.1) is 5.52 Å². The van der Waals surface area contributed by atoms with E-state index >= 15 is 0 Å². The molecule has 1 aliphatic rings. The fourth-order valence-corrected chi connectivity index (χ4v) is 2.60. The molecule has 21 heavy (non-hydrogen) atoms. The zero-order valence-electron chi connectivity index (χ0n) is 11.8. The van der Waals surface area contributed by atoms with E-state index in [4.69, 9.17) is 5.73 Å². The summed E-state index contributed by atoms with van der Waals surface area (Å²) >= 11 is 0. The second-order valence-corrected chi connectivity index (χ2v) is 5.07. The number of hydrogen-bond acceptors (Lipinski definition) is 3. The van der Waals surface area contributed by atoms with Gasteiger partial charge in [-0.05, 0) is 30.7 Å². The summed E-state index contributed by atoms with van der Waals surface area (Å²) in [6.45, 7) is 6.05. The first-order chi connectivity index (χ1) is 10.1. The number of fused-ring (bicyclic) bond motifs is 1. The first kappa shape index (κ1) is 13.3. The van der Waals surface area contributed by atoms with Crippen LogP contribution in [0.15, 0.2) is 48.0 Å². The van der Waals surface area contributed by atoms with Crippen LogP contribution in [-0.4, -0.2) is 28.3 Å². The molecule has 0 saturated heterocycles. The number of carbonyl (C=O) groups is 1. The van der Waals surface area contributed by atoms with E-state index in [1.807, 2.05) is 37.3 Å². The summed E-state index contributed by atoms with van der Waals surface area (Å²) in [6.07, 6.45) is 1.67. The van der Waals surface area contributed by atoms with E-state index in [1.165, 1.54) is 0 Å². The molecule has 0 aliphatic carbocycles. The summed E-state index contributed by atoms with van der Waals surface area (Å²) in [5.74, 6) is 0.321. The van der Waals surface area contributed by atoms with E-state index in [9.17, 15) is 4.79 Å². The zero-order valence-corrected chi connectivity index (χ0v) is 11.8. The van der Waals surface area contributed by atoms with Crippen molar-refractivity contribution in [3.8, 4) is 0 Å². The number of nitrogens with two attached hydrogens (primary N) is 1. The van der Waals surface area contributed by atoms with Crippen LogP contribution in [0.25, 0.3) is 10.9 Å². The highest BCUT2D eigenvalue weighted by Gasteiger charge is 2.33. The van der Waals surface area contributed by atoms with Crippen LogP contribution >= 0.6 is 0 Å². The van der Waals surface area contributed by atoms with Crippen LogP contribution in [0.3, 0.4) is 0 Å². The summed E-state index contributed by atoms with van der Waals surface area (Å²) in [7, 11) is 0. The lowest BCUT2D eigenvalue weighted by molar-refractivity contribution is 0.213. The van der Waals surface area contributed by atoms with Gasteiger partial charge in [-0.2, -0.15) is 4.99 Å². The third-order valence-corrected chi connectivity index (χ3v) is 3.56. The van der Waals surface area contributed by atoms with Crippen molar-refractivity contribution >= 4 is 22.8 Å². The fourth-order valence-electron chi connectivity index (χ4n) is 2.60. The number of amidine groups is 1. The Bertz CT molecular complexity index is 766. The van der Waals surface area contributed by atoms with E-state index in [-0.39, 0.29) is 12.1 Å². The summed E-state index contributed by atoms with van der Waals surface area (Å²) in [6, 6.07) is 9.22. The molecule has 2 aromatic rings. The van der Waals surface area contributed by atoms with Crippen LogP contribution in [0, 0.1) is 6.92 Å². The van der Waals surface area contributed by atoms with Crippen molar-refractivity contribution in [3.05, 3.63) is 54.2 Å². The normalized spacial score (nSPS) is 18.1. The van der Waals surface area contributed by atoms with Crippen molar-refractivity contribution in [2.75, 3.05) is 6.54 Å². The number of aromatic nitrogens is 1. The Morgan fingerprint density at radius 1 is 1.38 bits per heavy atom. The van der Waals surface area contributed by atoms with Crippen LogP contribution in [0.5, 0.6) is 0 Å². The Morgan fingerprint density at radius 2 is 2.19 bits per heavy atom. The minimum Gasteiger partial charge on any atom is -0.385 e. The van der Waals surface area contributed by atoms with E-state index in [1.54, 1.807) is 11.0 Å². The van der Waals surface area contributed by atoms with Gasteiger partial charge in [0.25, 0.3) is 0 Å². The zero-order chi connectivity index (χ0) is 15.0. The lowest BCUT2D eigenvalue weighted by atomic mass is 10.0. The summed E-state index contributed by atoms with van der Waals surface area (Å²) in [5.41, 5.74) is 8.76. The number of carbonyl (C=O) groups excluding carboxylic acids is 1. The number of rotatable bonds is 3. The van der Waals surface area contributed by atoms with Crippen LogP contribution in [-0.2, 0) is 0 Å². The van der Waals surface area contributed by atoms with Crippen molar-refractivity contribution in [2.45, 2.75) is 13.0 Å². The number of pyridine rings is 1. The Balaban J connectivity index is 2.06. The predicted molar refractivity (Wildman–Crippen MR) is 83.1 cm³/mol. The number of benzene rings is 1. The molecule has 5 nitrogen and oxygen atoms in total. The van der Waals surface area contributed by atoms with Crippen LogP contribution in [0.1, 0.15) is 17.3 Å². The maximum atomic E-state index is 11.9. The quantitative estimate of drug-likeness (QED) is 0.878. The monoisotopic (exact) mass is 280 g/mol. The second-order valence-electron chi connectivity index (χ2n) is 5.07. The summed E-state index contributed by atoms with van der Waals surface area (Å²) in [4.78, 5) is 21.8. The highest BCUT2D eigenvalue weighted by Crippen LogP contribution is 2.28. The standard InChI is InChI=1S/C16H16N4O/c1-3-8-20-14(15(17)19-16(20)21)12-6-7-13-11(9-12)5-4-10(2)18-13/h3-7,9,14H,1,8H2,2H3,(H2,17,19,21). The molecule has 0 spiro atoms. The molecule has 1 aromatic carbocycles. The Kier molecular flexibility index (Phi) is 3.17. The van der Waals surface area contributed by atoms with Crippen molar-refractivity contribution < 1.29 is 4.79 Å². The molecule has 0 saturated carbocycles. The molecular formula is C16H16N4O. The Morgan fingerprint density at radius 3 is 2.95 bits per heavy atom. The lowest BCUT2D eigenvalue weighted by Crippen LogP contribution is -2.33. The third-order valence-electron chi connectivity index (χ3n) is 3.56. The topological polar surface area (TPSA) is 71.6 Å². The van der Waals surface area contributed by atoms with Crippen molar-refractivity contribution in [1.82, 2.24) is 9.88 Å². The van der Waals surface area contributed by atoms with Crippen molar-refractivity contribution in [1.29, 1.82) is 0 Å². The molecule has 0 fully saturated rings. The molecule has 1 unspecified atom stereocenters. The molecular weight excluding hydrogens is 264 g/mol. The van der Waals surface area contributed by atoms with E-state index in [0.717, 1.165) is 22.2 Å². The van der Waals surface area contributed by atoms with Gasteiger partial charge in [0, 0.05) is 17.6 Å². The van der Waals surface area contributed by atoms with Crippen molar-refractivity contribution in [2.24, 2.45) is 10.7 Å². The molecule has 3 rings (SSSR count). The molecule has 0 radical (unpaired) electrons. The van der Waals surface area contributed by atoms with Gasteiger partial charge in [0.15, 0.2) is 0 Å². The van der Waals surface area contributed by atoms with Crippen molar-refractivity contribution in [3.63, 3.8) is 0 Å². The van der Waals surface area contributed by atoms with Gasteiger partial charge < -0.3 is 10.6 Å². The van der Waals surface area contributed by atoms with E-state index < -0.39 is 0 Å². The van der Waals surface area contributed by atoms with Crippen LogP contribution in [0.2, 0.25) is 0 Å². The van der Waals surface area contributed by atoms with E-state index in [0.29, 0.717) is 12.4 Å². The highest BCUT2D eigenvalue weighted by molar-refractivity contribution is 6.03. The molecule has 1 atom stereocenters. The minimum absolute atomic E-state index is 0.320. The lowest BCUT2D eigenvalue weighted by Gasteiger charge is -2.23. The largest absolute Gasteiger partial charge is 0.385 e. The number of aliphatic imine (C=N–C) groups is 1. The highest BCUT2D eigenvalue weighted by atomic mass is 16.2. The van der Waals surface area contributed by atoms with Gasteiger partial charge in [0.2, 0.25) is 0 Å². The maximum Gasteiger partial charge on any atom is 0.346 e. The smallest absolute Gasteiger partial charge is 0.346 e. The molecule has 2 heterocycles. The maximum absolute atomic E-state index is 11.9. The van der Waals surface area contributed by atoms with Crippen LogP contribution < -0.4 is 5.73 Å². The SMILES string of the molecule is C=CCN1C(=O)N=C(N)C1c1ccc2nc(C)ccc2c1. The number of urea groups is 1. The Hall–Kier alpha value is -2.69.